The average molecular weight is 329 g/mol. The van der Waals surface area contributed by atoms with Crippen molar-refractivity contribution < 1.29 is 32.6 Å². The lowest BCUT2D eigenvalue weighted by Crippen LogP contribution is -2.52. The van der Waals surface area contributed by atoms with Gasteiger partial charge in [0.25, 0.3) is 0 Å². The van der Waals surface area contributed by atoms with E-state index in [1.54, 1.807) is 0 Å². The van der Waals surface area contributed by atoms with Gasteiger partial charge in [-0.1, -0.05) is 0 Å². The zero-order chi connectivity index (χ0) is 16.1. The zero-order valence-corrected chi connectivity index (χ0v) is 12.4. The smallest absolute Gasteiger partial charge is 0.397 e. The van der Waals surface area contributed by atoms with Crippen LogP contribution in [0.5, 0.6) is 0 Å². The van der Waals surface area contributed by atoms with Gasteiger partial charge in [-0.3, -0.25) is 9.59 Å². The van der Waals surface area contributed by atoms with Crippen LogP contribution in [0.1, 0.15) is 12.8 Å². The van der Waals surface area contributed by atoms with Crippen molar-refractivity contribution in [2.75, 3.05) is 38.3 Å². The molecule has 1 fully saturated rings. The van der Waals surface area contributed by atoms with Gasteiger partial charge in [-0.05, 0) is 12.8 Å². The second kappa shape index (κ2) is 7.35. The van der Waals surface area contributed by atoms with Crippen LogP contribution in [-0.4, -0.2) is 66.4 Å². The van der Waals surface area contributed by atoms with Crippen LogP contribution in [0.25, 0.3) is 0 Å². The number of hydrogen-bond donors (Lipinski definition) is 1. The molecule has 0 aromatic carbocycles. The minimum atomic E-state index is -4.31. The Labute approximate surface area is 124 Å². The van der Waals surface area contributed by atoms with Crippen molar-refractivity contribution in [2.24, 2.45) is 5.41 Å². The summed E-state index contributed by atoms with van der Waals surface area (Å²) in [6.45, 7) is 0.313. The van der Waals surface area contributed by atoms with E-state index >= 15 is 0 Å². The van der Waals surface area contributed by atoms with Crippen molar-refractivity contribution in [1.29, 1.82) is 0 Å². The molecule has 1 atom stereocenters. The van der Waals surface area contributed by atoms with Crippen LogP contribution in [0.15, 0.2) is 0 Å². The van der Waals surface area contributed by atoms with Gasteiger partial charge in [0, 0.05) is 20.2 Å². The largest absolute Gasteiger partial charge is 0.481 e. The maximum Gasteiger partial charge on any atom is 0.397 e. The Hall–Kier alpha value is -0.960. The SMILES string of the molecule is COCC1(C(=O)O)CCCN(C(=O)CSCC(F)(F)F)C1. The molecular formula is C12H18F3NO4S. The predicted octanol–water partition coefficient (Wildman–Crippen LogP) is 1.62. The third-order valence-electron chi connectivity index (χ3n) is 3.30. The van der Waals surface area contributed by atoms with E-state index in [4.69, 9.17) is 4.74 Å². The molecule has 1 aliphatic rings. The molecule has 1 heterocycles. The number of likely N-dealkylation sites (tertiary alicyclic amines) is 1. The number of carboxylic acids is 1. The maximum atomic E-state index is 12.0. The van der Waals surface area contributed by atoms with Crippen LogP contribution >= 0.6 is 11.8 Å². The molecule has 0 bridgehead atoms. The Kier molecular flexibility index (Phi) is 6.33. The van der Waals surface area contributed by atoms with Gasteiger partial charge in [-0.2, -0.15) is 13.2 Å². The van der Waals surface area contributed by atoms with Gasteiger partial charge in [-0.15, -0.1) is 11.8 Å². The van der Waals surface area contributed by atoms with Gasteiger partial charge in [0.1, 0.15) is 5.41 Å². The van der Waals surface area contributed by atoms with Crippen LogP contribution in [0.3, 0.4) is 0 Å². The van der Waals surface area contributed by atoms with Crippen molar-refractivity contribution in [3.8, 4) is 0 Å². The van der Waals surface area contributed by atoms with Crippen LogP contribution in [-0.2, 0) is 14.3 Å². The number of ether oxygens (including phenoxy) is 1. The normalized spacial score (nSPS) is 23.1. The second-order valence-corrected chi connectivity index (χ2v) is 6.03. The lowest BCUT2D eigenvalue weighted by atomic mass is 9.80. The summed E-state index contributed by atoms with van der Waals surface area (Å²) in [5.41, 5.74) is -1.17. The Morgan fingerprint density at radius 2 is 2.10 bits per heavy atom. The van der Waals surface area contributed by atoms with Gasteiger partial charge < -0.3 is 14.7 Å². The van der Waals surface area contributed by atoms with E-state index in [2.05, 4.69) is 0 Å². The molecule has 0 aliphatic carbocycles. The van der Waals surface area contributed by atoms with Gasteiger partial charge >= 0.3 is 12.1 Å². The first-order valence-electron chi connectivity index (χ1n) is 6.35. The predicted molar refractivity (Wildman–Crippen MR) is 71.1 cm³/mol. The molecule has 1 aliphatic heterocycles. The number of methoxy groups -OCH3 is 1. The molecule has 0 spiro atoms. The first-order chi connectivity index (χ1) is 9.70. The van der Waals surface area contributed by atoms with Crippen molar-refractivity contribution in [3.63, 3.8) is 0 Å². The first-order valence-corrected chi connectivity index (χ1v) is 7.50. The van der Waals surface area contributed by atoms with E-state index in [0.29, 0.717) is 31.1 Å². The van der Waals surface area contributed by atoms with E-state index in [9.17, 15) is 27.9 Å². The number of thioether (sulfide) groups is 1. The number of carbonyl (C=O) groups excluding carboxylic acids is 1. The van der Waals surface area contributed by atoms with Gasteiger partial charge in [0.05, 0.1) is 18.1 Å². The maximum absolute atomic E-state index is 12.0. The average Bonchev–Trinajstić information content (AvgIpc) is 2.37. The van der Waals surface area contributed by atoms with Gasteiger partial charge in [-0.25, -0.2) is 0 Å². The quantitative estimate of drug-likeness (QED) is 0.802. The molecule has 122 valence electrons. The topological polar surface area (TPSA) is 66.8 Å². The fraction of sp³-hybridized carbons (Fsp3) is 0.833. The van der Waals surface area contributed by atoms with Crippen LogP contribution in [0, 0.1) is 5.41 Å². The highest BCUT2D eigenvalue weighted by Crippen LogP contribution is 2.31. The summed E-state index contributed by atoms with van der Waals surface area (Å²) in [5.74, 6) is -2.91. The summed E-state index contributed by atoms with van der Waals surface area (Å²) < 4.78 is 41.0. The minimum Gasteiger partial charge on any atom is -0.481 e. The Balaban J connectivity index is 2.58. The summed E-state index contributed by atoms with van der Waals surface area (Å²) in [4.78, 5) is 24.6. The highest BCUT2D eigenvalue weighted by Gasteiger charge is 2.43. The molecule has 1 rings (SSSR count). The molecule has 21 heavy (non-hydrogen) atoms. The standard InChI is InChI=1S/C12H18F3NO4S/c1-20-7-11(10(18)19)3-2-4-16(6-11)9(17)5-21-8-12(13,14)15/h2-8H2,1H3,(H,18,19). The molecule has 0 radical (unpaired) electrons. The number of rotatable bonds is 6. The van der Waals surface area contributed by atoms with E-state index in [1.807, 2.05) is 0 Å². The minimum absolute atomic E-state index is 0.0260. The summed E-state index contributed by atoms with van der Waals surface area (Å²) in [6.07, 6.45) is -3.44. The molecule has 0 aromatic rings. The third kappa shape index (κ3) is 5.39. The number of carboxylic acid groups (broad SMARTS) is 1. The Bertz CT molecular complexity index is 387. The van der Waals surface area contributed by atoms with Crippen LogP contribution in [0.2, 0.25) is 0 Å². The number of hydrogen-bond acceptors (Lipinski definition) is 4. The fourth-order valence-electron chi connectivity index (χ4n) is 2.32. The summed E-state index contributed by atoms with van der Waals surface area (Å²) in [6, 6.07) is 0. The third-order valence-corrected chi connectivity index (χ3v) is 4.28. The lowest BCUT2D eigenvalue weighted by molar-refractivity contribution is -0.158. The Morgan fingerprint density at radius 1 is 1.43 bits per heavy atom. The summed E-state index contributed by atoms with van der Waals surface area (Å²) in [7, 11) is 1.38. The monoisotopic (exact) mass is 329 g/mol. The number of piperidine rings is 1. The van der Waals surface area contributed by atoms with Crippen molar-refractivity contribution in [1.82, 2.24) is 4.90 Å². The molecular weight excluding hydrogens is 311 g/mol. The molecule has 5 nitrogen and oxygen atoms in total. The molecule has 1 N–H and O–H groups in total. The molecule has 9 heteroatoms. The van der Waals surface area contributed by atoms with Gasteiger partial charge in [0.2, 0.25) is 5.91 Å². The van der Waals surface area contributed by atoms with Crippen molar-refractivity contribution >= 4 is 23.6 Å². The summed E-state index contributed by atoms with van der Waals surface area (Å²) in [5, 5.41) is 9.33. The molecule has 0 aromatic heterocycles. The van der Waals surface area contributed by atoms with E-state index in [0.717, 1.165) is 0 Å². The van der Waals surface area contributed by atoms with Gasteiger partial charge in [0.15, 0.2) is 0 Å². The Morgan fingerprint density at radius 3 is 2.62 bits per heavy atom. The highest BCUT2D eigenvalue weighted by molar-refractivity contribution is 8.00. The number of nitrogens with zero attached hydrogens (tertiary/aromatic N) is 1. The van der Waals surface area contributed by atoms with E-state index in [-0.39, 0.29) is 18.9 Å². The van der Waals surface area contributed by atoms with Crippen LogP contribution < -0.4 is 0 Å². The number of halogens is 3. The fourth-order valence-corrected chi connectivity index (χ4v) is 3.01. The van der Waals surface area contributed by atoms with E-state index in [1.165, 1.54) is 12.0 Å². The van der Waals surface area contributed by atoms with Crippen molar-refractivity contribution in [3.05, 3.63) is 0 Å². The number of amides is 1. The number of aliphatic carboxylic acids is 1. The van der Waals surface area contributed by atoms with E-state index < -0.39 is 29.2 Å². The first kappa shape index (κ1) is 18.1. The lowest BCUT2D eigenvalue weighted by Gasteiger charge is -2.39. The number of carbonyl (C=O) groups is 2. The molecule has 1 unspecified atom stereocenters. The molecule has 0 saturated carbocycles. The zero-order valence-electron chi connectivity index (χ0n) is 11.6. The van der Waals surface area contributed by atoms with Crippen LogP contribution in [0.4, 0.5) is 13.2 Å². The summed E-state index contributed by atoms with van der Waals surface area (Å²) >= 11 is 0.489. The number of alkyl halides is 3. The van der Waals surface area contributed by atoms with Crippen molar-refractivity contribution in [2.45, 2.75) is 19.0 Å². The second-order valence-electron chi connectivity index (χ2n) is 5.05. The highest BCUT2D eigenvalue weighted by atomic mass is 32.2. The molecule has 1 saturated heterocycles. The molecule has 1 amide bonds.